The van der Waals surface area contributed by atoms with Gasteiger partial charge in [0.05, 0.1) is 13.0 Å². The third-order valence-electron chi connectivity index (χ3n) is 5.93. The van der Waals surface area contributed by atoms with Crippen molar-refractivity contribution in [1.29, 1.82) is 0 Å². The van der Waals surface area contributed by atoms with E-state index in [-0.39, 0.29) is 55.2 Å². The molecule has 11 heteroatoms. The molecule has 1 rings (SSSR count). The zero-order valence-electron chi connectivity index (χ0n) is 24.1. The average Bonchev–Trinajstić information content (AvgIpc) is 2.90. The predicted molar refractivity (Wildman–Crippen MR) is 143 cm³/mol. The molecule has 3 unspecified atom stereocenters. The number of benzene rings is 1. The lowest BCUT2D eigenvalue weighted by Crippen LogP contribution is -2.41. The van der Waals surface area contributed by atoms with Gasteiger partial charge in [0.1, 0.15) is 24.9 Å². The smallest absolute Gasteiger partial charge is 0.468 e. The van der Waals surface area contributed by atoms with Crippen molar-refractivity contribution >= 4 is 24.2 Å². The Morgan fingerprint density at radius 2 is 1.44 bits per heavy atom. The number of carbonyl (C=O) groups excluding carboxylic acids is 4. The van der Waals surface area contributed by atoms with Crippen LogP contribution in [-0.2, 0) is 35.0 Å². The minimum Gasteiger partial charge on any atom is -0.468 e. The molecule has 0 aliphatic heterocycles. The van der Waals surface area contributed by atoms with E-state index < -0.39 is 24.3 Å². The van der Waals surface area contributed by atoms with E-state index in [9.17, 15) is 19.2 Å². The van der Waals surface area contributed by atoms with Crippen LogP contribution < -0.4 is 14.8 Å². The van der Waals surface area contributed by atoms with Gasteiger partial charge in [-0.3, -0.25) is 9.59 Å². The van der Waals surface area contributed by atoms with Crippen LogP contribution in [0.3, 0.4) is 0 Å². The summed E-state index contributed by atoms with van der Waals surface area (Å²) in [6.07, 6.45) is 0.268. The maximum atomic E-state index is 12.4. The van der Waals surface area contributed by atoms with Crippen molar-refractivity contribution in [3.05, 3.63) is 23.8 Å². The molecule has 0 saturated heterocycles. The standard InChI is InChI=1S/C28H43NO10/c1-8-11-18(4)25(30)35-15-14-29-22(26(31)34-7)16-21-12-13-23(38-27(32)36-19(5)9-2)24(17-21)39-28(33)37-20(6)10-3/h12-13,17-20,22,29H,8-11,14-16H2,1-7H3/t18?,19?,20?,22-/m0/s1. The van der Waals surface area contributed by atoms with Crippen LogP contribution >= 0.6 is 0 Å². The first-order valence-electron chi connectivity index (χ1n) is 13.4. The molecule has 0 aliphatic carbocycles. The van der Waals surface area contributed by atoms with Gasteiger partial charge in [-0.2, -0.15) is 0 Å². The minimum absolute atomic E-state index is 0.0520. The van der Waals surface area contributed by atoms with Crippen molar-refractivity contribution in [2.45, 2.75) is 91.9 Å². The van der Waals surface area contributed by atoms with Crippen LogP contribution in [0, 0.1) is 5.92 Å². The number of ether oxygens (including phenoxy) is 6. The summed E-state index contributed by atoms with van der Waals surface area (Å²) in [5.74, 6) is -1.15. The lowest BCUT2D eigenvalue weighted by atomic mass is 10.1. The lowest BCUT2D eigenvalue weighted by Gasteiger charge is -2.19. The molecule has 0 heterocycles. The Labute approximate surface area is 230 Å². The van der Waals surface area contributed by atoms with Crippen LogP contribution in [0.25, 0.3) is 0 Å². The second kappa shape index (κ2) is 18.0. The average molecular weight is 554 g/mol. The quantitative estimate of drug-likeness (QED) is 0.129. The molecule has 220 valence electrons. The molecule has 39 heavy (non-hydrogen) atoms. The van der Waals surface area contributed by atoms with Crippen LogP contribution in [0.1, 0.15) is 72.8 Å². The van der Waals surface area contributed by atoms with Crippen molar-refractivity contribution in [3.8, 4) is 11.5 Å². The van der Waals surface area contributed by atoms with E-state index in [1.165, 1.54) is 19.2 Å². The fourth-order valence-electron chi connectivity index (χ4n) is 3.26. The third kappa shape index (κ3) is 12.8. The fraction of sp³-hybridized carbons (Fsp3) is 0.643. The van der Waals surface area contributed by atoms with Crippen molar-refractivity contribution in [2.24, 2.45) is 5.92 Å². The third-order valence-corrected chi connectivity index (χ3v) is 5.93. The highest BCUT2D eigenvalue weighted by Crippen LogP contribution is 2.30. The zero-order chi connectivity index (χ0) is 29.4. The Morgan fingerprint density at radius 1 is 0.846 bits per heavy atom. The van der Waals surface area contributed by atoms with E-state index in [0.717, 1.165) is 12.8 Å². The Balaban J connectivity index is 3.01. The zero-order valence-corrected chi connectivity index (χ0v) is 24.1. The lowest BCUT2D eigenvalue weighted by molar-refractivity contribution is -0.148. The van der Waals surface area contributed by atoms with Crippen molar-refractivity contribution in [2.75, 3.05) is 20.3 Å². The summed E-state index contributed by atoms with van der Waals surface area (Å²) in [4.78, 5) is 48.9. The van der Waals surface area contributed by atoms with Gasteiger partial charge >= 0.3 is 24.2 Å². The molecule has 1 N–H and O–H groups in total. The van der Waals surface area contributed by atoms with Gasteiger partial charge in [-0.15, -0.1) is 0 Å². The molecule has 11 nitrogen and oxygen atoms in total. The molecule has 0 saturated carbocycles. The molecular formula is C28H43NO10. The maximum absolute atomic E-state index is 12.4. The highest BCUT2D eigenvalue weighted by Gasteiger charge is 2.23. The Hall–Kier alpha value is -3.34. The number of hydrogen-bond acceptors (Lipinski definition) is 11. The molecule has 0 amide bonds. The van der Waals surface area contributed by atoms with E-state index in [2.05, 4.69) is 5.32 Å². The Morgan fingerprint density at radius 3 is 1.97 bits per heavy atom. The van der Waals surface area contributed by atoms with Crippen molar-refractivity contribution < 1.29 is 47.6 Å². The van der Waals surface area contributed by atoms with E-state index in [1.807, 2.05) is 27.7 Å². The van der Waals surface area contributed by atoms with Gasteiger partial charge in [0.25, 0.3) is 0 Å². The van der Waals surface area contributed by atoms with E-state index >= 15 is 0 Å². The van der Waals surface area contributed by atoms with Crippen LogP contribution in [0.15, 0.2) is 18.2 Å². The van der Waals surface area contributed by atoms with Crippen molar-refractivity contribution in [3.63, 3.8) is 0 Å². The fourth-order valence-corrected chi connectivity index (χ4v) is 3.26. The van der Waals surface area contributed by atoms with Gasteiger partial charge in [-0.25, -0.2) is 9.59 Å². The number of rotatable bonds is 16. The number of hydrogen-bond donors (Lipinski definition) is 1. The minimum atomic E-state index is -0.969. The summed E-state index contributed by atoms with van der Waals surface area (Å²) in [6.45, 7) is 11.3. The number of carbonyl (C=O) groups is 4. The summed E-state index contributed by atoms with van der Waals surface area (Å²) < 4.78 is 31.1. The normalized spacial score (nSPS) is 13.8. The Bertz CT molecular complexity index is 935. The highest BCUT2D eigenvalue weighted by atomic mass is 16.7. The van der Waals surface area contributed by atoms with E-state index in [1.54, 1.807) is 19.9 Å². The first kappa shape index (κ1) is 33.7. The number of nitrogens with one attached hydrogen (secondary N) is 1. The van der Waals surface area contributed by atoms with Gasteiger partial charge < -0.3 is 33.7 Å². The molecule has 0 spiro atoms. The van der Waals surface area contributed by atoms with Crippen LogP contribution in [-0.4, -0.2) is 62.8 Å². The maximum Gasteiger partial charge on any atom is 0.514 e. The first-order valence-corrected chi connectivity index (χ1v) is 13.4. The van der Waals surface area contributed by atoms with E-state index in [4.69, 9.17) is 28.4 Å². The summed E-state index contributed by atoms with van der Waals surface area (Å²) in [7, 11) is 1.27. The molecule has 4 atom stereocenters. The molecule has 1 aromatic rings. The van der Waals surface area contributed by atoms with Crippen LogP contribution in [0.2, 0.25) is 0 Å². The highest BCUT2D eigenvalue weighted by molar-refractivity contribution is 5.76. The molecular weight excluding hydrogens is 510 g/mol. The predicted octanol–water partition coefficient (Wildman–Crippen LogP) is 4.97. The second-order valence-electron chi connectivity index (χ2n) is 9.25. The molecule has 0 aliphatic rings. The molecule has 0 aromatic heterocycles. The van der Waals surface area contributed by atoms with Gasteiger partial charge in [0, 0.05) is 6.54 Å². The van der Waals surface area contributed by atoms with Gasteiger partial charge in [0.15, 0.2) is 11.5 Å². The van der Waals surface area contributed by atoms with Crippen molar-refractivity contribution in [1.82, 2.24) is 5.32 Å². The monoisotopic (exact) mass is 553 g/mol. The topological polar surface area (TPSA) is 136 Å². The Kier molecular flexibility index (Phi) is 15.6. The summed E-state index contributed by atoms with van der Waals surface area (Å²) in [5.41, 5.74) is 0.570. The molecule has 0 fully saturated rings. The largest absolute Gasteiger partial charge is 0.514 e. The van der Waals surface area contributed by atoms with Gasteiger partial charge in [-0.1, -0.05) is 40.2 Å². The second-order valence-corrected chi connectivity index (χ2v) is 9.25. The number of methoxy groups -OCH3 is 1. The van der Waals surface area contributed by atoms with E-state index in [0.29, 0.717) is 18.4 Å². The molecule has 0 radical (unpaired) electrons. The number of esters is 2. The first-order chi connectivity index (χ1) is 18.5. The van der Waals surface area contributed by atoms with Crippen LogP contribution in [0.4, 0.5) is 9.59 Å². The van der Waals surface area contributed by atoms with Crippen LogP contribution in [0.5, 0.6) is 11.5 Å². The molecule has 1 aromatic carbocycles. The van der Waals surface area contributed by atoms with Gasteiger partial charge in [0.2, 0.25) is 0 Å². The summed E-state index contributed by atoms with van der Waals surface area (Å²) in [5, 5.41) is 3.02. The molecule has 0 bridgehead atoms. The SMILES string of the molecule is CCCC(C)C(=O)OCCN[C@@H](Cc1ccc(OC(=O)OC(C)CC)c(OC(=O)OC(C)CC)c1)C(=O)OC. The summed E-state index contributed by atoms with van der Waals surface area (Å²) >= 11 is 0. The summed E-state index contributed by atoms with van der Waals surface area (Å²) in [6, 6.07) is 3.73. The van der Waals surface area contributed by atoms with Gasteiger partial charge in [-0.05, 0) is 57.2 Å².